The van der Waals surface area contributed by atoms with Crippen molar-refractivity contribution in [2.45, 2.75) is 52.1 Å². The summed E-state index contributed by atoms with van der Waals surface area (Å²) in [5.74, 6) is 0.679. The lowest BCUT2D eigenvalue weighted by Crippen LogP contribution is -2.50. The smallest absolute Gasteiger partial charge is 0.307 e. The molecule has 0 bridgehead atoms. The number of nitrogens with two attached hydrogens (primary N) is 1. The van der Waals surface area contributed by atoms with Crippen LogP contribution in [0.5, 0.6) is 0 Å². The highest BCUT2D eigenvalue weighted by atomic mass is 16.5. The van der Waals surface area contributed by atoms with Gasteiger partial charge in [0.05, 0.1) is 30.6 Å². The maximum atomic E-state index is 13.8. The second-order valence-corrected chi connectivity index (χ2v) is 12.2. The van der Waals surface area contributed by atoms with Gasteiger partial charge in [0, 0.05) is 71.3 Å². The summed E-state index contributed by atoms with van der Waals surface area (Å²) >= 11 is 0. The Morgan fingerprint density at radius 2 is 1.67 bits per heavy atom. The number of pyridine rings is 1. The number of benzene rings is 2. The van der Waals surface area contributed by atoms with E-state index in [0.717, 1.165) is 97.3 Å². The number of methoxy groups -OCH3 is 1. The first-order valence-electron chi connectivity index (χ1n) is 16.4. The standard InChI is InChI=1S/C35H47N7O4/c1-3-4-10-30-38-33-34(28-8-5-6-9-29(28)37-35(33)36)42(30)16-7-15-41(24-27-13-11-26(12-14-27)23-32(44)45)31(43)25-40-19-17-39(18-20-40)21-22-46-2/h5-6,8-9,11-14H,3-4,7,10,15-25H2,1-2H3,(H2,36,37)(H,44,45). The quantitative estimate of drug-likeness (QED) is 0.190. The number of carbonyl (C=O) groups is 2. The largest absolute Gasteiger partial charge is 0.481 e. The highest BCUT2D eigenvalue weighted by molar-refractivity contribution is 6.06. The van der Waals surface area contributed by atoms with E-state index in [2.05, 4.69) is 32.3 Å². The van der Waals surface area contributed by atoms with Crippen LogP contribution in [0.4, 0.5) is 5.82 Å². The Labute approximate surface area is 270 Å². The lowest BCUT2D eigenvalue weighted by atomic mass is 10.1. The number of imidazole rings is 1. The van der Waals surface area contributed by atoms with Crippen molar-refractivity contribution in [3.63, 3.8) is 0 Å². The SMILES string of the molecule is CCCCc1nc2c(N)nc3ccccc3c2n1CCCN(Cc1ccc(CC(=O)O)cc1)C(=O)CN1CCN(CCOC)CC1. The molecule has 5 rings (SSSR count). The second-order valence-electron chi connectivity index (χ2n) is 12.2. The summed E-state index contributed by atoms with van der Waals surface area (Å²) in [4.78, 5) is 41.2. The van der Waals surface area contributed by atoms with Crippen molar-refractivity contribution in [3.8, 4) is 0 Å². The number of ether oxygens (including phenoxy) is 1. The van der Waals surface area contributed by atoms with Crippen LogP contribution < -0.4 is 5.73 Å². The van der Waals surface area contributed by atoms with Crippen LogP contribution in [0, 0.1) is 0 Å². The van der Waals surface area contributed by atoms with E-state index in [9.17, 15) is 9.59 Å². The van der Waals surface area contributed by atoms with Crippen LogP contribution in [0.3, 0.4) is 0 Å². The van der Waals surface area contributed by atoms with Gasteiger partial charge in [-0.25, -0.2) is 9.97 Å². The average Bonchev–Trinajstić information content (AvgIpc) is 3.42. The zero-order chi connectivity index (χ0) is 32.5. The minimum absolute atomic E-state index is 0.0206. The van der Waals surface area contributed by atoms with Gasteiger partial charge >= 0.3 is 5.97 Å². The number of para-hydroxylation sites is 1. The van der Waals surface area contributed by atoms with Crippen LogP contribution in [0.25, 0.3) is 21.9 Å². The normalized spacial score (nSPS) is 14.3. The van der Waals surface area contributed by atoms with Crippen molar-refractivity contribution in [3.05, 3.63) is 65.5 Å². The molecule has 246 valence electrons. The molecule has 11 heteroatoms. The molecule has 2 aromatic heterocycles. The molecule has 0 spiro atoms. The molecule has 1 aliphatic heterocycles. The van der Waals surface area contributed by atoms with Crippen LogP contribution in [0.1, 0.15) is 43.1 Å². The Bertz CT molecular complexity index is 1610. The number of carboxylic acid groups (broad SMARTS) is 1. The van der Waals surface area contributed by atoms with E-state index in [1.54, 1.807) is 7.11 Å². The van der Waals surface area contributed by atoms with Crippen molar-refractivity contribution >= 4 is 39.6 Å². The van der Waals surface area contributed by atoms with E-state index in [4.69, 9.17) is 20.6 Å². The topological polar surface area (TPSA) is 130 Å². The molecule has 3 heterocycles. The molecule has 0 saturated carbocycles. The molecular weight excluding hydrogens is 582 g/mol. The van der Waals surface area contributed by atoms with Gasteiger partial charge in [-0.1, -0.05) is 55.8 Å². The number of hydrogen-bond acceptors (Lipinski definition) is 8. The van der Waals surface area contributed by atoms with E-state index in [1.807, 2.05) is 47.4 Å². The number of aromatic nitrogens is 3. The number of unbranched alkanes of at least 4 members (excludes halogenated alkanes) is 1. The van der Waals surface area contributed by atoms with Gasteiger partial charge in [0.2, 0.25) is 5.91 Å². The van der Waals surface area contributed by atoms with Crippen LogP contribution in [-0.2, 0) is 40.3 Å². The van der Waals surface area contributed by atoms with Crippen molar-refractivity contribution in [1.82, 2.24) is 29.2 Å². The molecule has 11 nitrogen and oxygen atoms in total. The van der Waals surface area contributed by atoms with E-state index in [-0.39, 0.29) is 12.3 Å². The van der Waals surface area contributed by atoms with Gasteiger partial charge in [0.15, 0.2) is 5.82 Å². The molecule has 4 aromatic rings. The van der Waals surface area contributed by atoms with Gasteiger partial charge in [-0.15, -0.1) is 0 Å². The highest BCUT2D eigenvalue weighted by Crippen LogP contribution is 2.29. The summed E-state index contributed by atoms with van der Waals surface area (Å²) in [7, 11) is 1.72. The van der Waals surface area contributed by atoms with Gasteiger partial charge in [0.1, 0.15) is 11.3 Å². The van der Waals surface area contributed by atoms with E-state index >= 15 is 0 Å². The molecule has 1 saturated heterocycles. The van der Waals surface area contributed by atoms with E-state index in [0.29, 0.717) is 38.6 Å². The number of aryl methyl sites for hydroxylation is 2. The first-order chi connectivity index (χ1) is 22.4. The molecule has 0 aliphatic carbocycles. The number of piperazine rings is 1. The molecule has 1 fully saturated rings. The van der Waals surface area contributed by atoms with Crippen molar-refractivity contribution in [1.29, 1.82) is 0 Å². The molecule has 0 unspecified atom stereocenters. The fourth-order valence-electron chi connectivity index (χ4n) is 6.22. The Morgan fingerprint density at radius 1 is 0.957 bits per heavy atom. The number of rotatable bonds is 16. The number of nitrogen functional groups attached to an aromatic ring is 1. The van der Waals surface area contributed by atoms with E-state index < -0.39 is 5.97 Å². The Balaban J connectivity index is 1.34. The molecule has 1 amide bonds. The number of carbonyl (C=O) groups excluding carboxylic acids is 1. The molecule has 2 aromatic carbocycles. The third-order valence-electron chi connectivity index (χ3n) is 8.79. The monoisotopic (exact) mass is 629 g/mol. The first kappa shape index (κ1) is 33.3. The van der Waals surface area contributed by atoms with Gasteiger partial charge in [-0.3, -0.25) is 19.4 Å². The molecule has 46 heavy (non-hydrogen) atoms. The fraction of sp³-hybridized carbons (Fsp3) is 0.486. The minimum atomic E-state index is -0.859. The number of amides is 1. The Kier molecular flexibility index (Phi) is 11.6. The lowest BCUT2D eigenvalue weighted by Gasteiger charge is -2.35. The van der Waals surface area contributed by atoms with Crippen molar-refractivity contribution in [2.75, 3.05) is 65.3 Å². The van der Waals surface area contributed by atoms with Gasteiger partial charge in [-0.05, 0) is 30.0 Å². The minimum Gasteiger partial charge on any atom is -0.481 e. The summed E-state index contributed by atoms with van der Waals surface area (Å²) in [6.07, 6.45) is 3.66. The van der Waals surface area contributed by atoms with Crippen molar-refractivity contribution in [2.24, 2.45) is 0 Å². The summed E-state index contributed by atoms with van der Waals surface area (Å²) in [5.41, 5.74) is 10.7. The van der Waals surface area contributed by atoms with E-state index in [1.165, 1.54) is 0 Å². The first-order valence-corrected chi connectivity index (χ1v) is 16.4. The lowest BCUT2D eigenvalue weighted by molar-refractivity contribution is -0.136. The highest BCUT2D eigenvalue weighted by Gasteiger charge is 2.23. The Morgan fingerprint density at radius 3 is 2.39 bits per heavy atom. The summed E-state index contributed by atoms with van der Waals surface area (Å²) in [6.45, 7) is 9.43. The van der Waals surface area contributed by atoms with Crippen LogP contribution in [0.2, 0.25) is 0 Å². The van der Waals surface area contributed by atoms with Gasteiger partial charge < -0.3 is 25.0 Å². The average molecular weight is 630 g/mol. The molecular formula is C35H47N7O4. The summed E-state index contributed by atoms with van der Waals surface area (Å²) in [5, 5.41) is 10.2. The molecule has 0 radical (unpaired) electrons. The molecule has 1 aliphatic rings. The van der Waals surface area contributed by atoms with Gasteiger partial charge in [0.25, 0.3) is 0 Å². The Hall–Kier alpha value is -4.06. The van der Waals surface area contributed by atoms with Crippen LogP contribution in [0.15, 0.2) is 48.5 Å². The zero-order valence-corrected chi connectivity index (χ0v) is 27.2. The third-order valence-corrected chi connectivity index (χ3v) is 8.79. The number of fused-ring (bicyclic) bond motifs is 3. The maximum absolute atomic E-state index is 13.8. The number of aliphatic carboxylic acids is 1. The van der Waals surface area contributed by atoms with Gasteiger partial charge in [-0.2, -0.15) is 0 Å². The van der Waals surface area contributed by atoms with Crippen LogP contribution in [-0.4, -0.2) is 106 Å². The fourth-order valence-corrected chi connectivity index (χ4v) is 6.22. The number of anilines is 1. The van der Waals surface area contributed by atoms with Crippen molar-refractivity contribution < 1.29 is 19.4 Å². The molecule has 0 atom stereocenters. The molecule has 3 N–H and O–H groups in total. The predicted molar refractivity (Wildman–Crippen MR) is 181 cm³/mol. The number of hydrogen-bond donors (Lipinski definition) is 2. The number of nitrogens with zero attached hydrogens (tertiary/aromatic N) is 6. The van der Waals surface area contributed by atoms with Crippen LogP contribution >= 0.6 is 0 Å². The summed E-state index contributed by atoms with van der Waals surface area (Å²) in [6, 6.07) is 15.6. The predicted octanol–water partition coefficient (Wildman–Crippen LogP) is 3.82. The third kappa shape index (κ3) is 8.39. The number of carboxylic acids is 1. The summed E-state index contributed by atoms with van der Waals surface area (Å²) < 4.78 is 7.52. The second kappa shape index (κ2) is 16.0. The maximum Gasteiger partial charge on any atom is 0.307 e. The zero-order valence-electron chi connectivity index (χ0n) is 27.2.